The number of pyridine rings is 1. The number of aliphatic carboxylic acids is 1. The van der Waals surface area contributed by atoms with Gasteiger partial charge in [0.2, 0.25) is 5.91 Å². The molecule has 8 heteroatoms. The van der Waals surface area contributed by atoms with Gasteiger partial charge in [0.25, 0.3) is 0 Å². The molecule has 0 radical (unpaired) electrons. The number of hydrogen-bond donors (Lipinski definition) is 2. The van der Waals surface area contributed by atoms with Crippen molar-refractivity contribution in [2.24, 2.45) is 5.92 Å². The van der Waals surface area contributed by atoms with Crippen LogP contribution < -0.4 is 4.57 Å². The fourth-order valence-electron chi connectivity index (χ4n) is 3.52. The van der Waals surface area contributed by atoms with Crippen LogP contribution in [0.15, 0.2) is 35.1 Å². The number of aliphatic hydroxyl groups is 1. The highest BCUT2D eigenvalue weighted by Gasteiger charge is 2.57. The second-order valence-corrected chi connectivity index (χ2v) is 8.01. The molecular formula is C19H22N3O4S+. The summed E-state index contributed by atoms with van der Waals surface area (Å²) in [5, 5.41) is 27.7. The van der Waals surface area contributed by atoms with E-state index < -0.39 is 18.0 Å². The van der Waals surface area contributed by atoms with Gasteiger partial charge in [0.15, 0.2) is 12.4 Å². The molecule has 1 aromatic heterocycles. The van der Waals surface area contributed by atoms with E-state index in [-0.39, 0.29) is 17.0 Å². The van der Waals surface area contributed by atoms with Gasteiger partial charge in [-0.15, -0.1) is 11.8 Å². The number of nitriles is 1. The molecule has 0 aromatic carbocycles. The largest absolute Gasteiger partial charge is 0.477 e. The van der Waals surface area contributed by atoms with Crippen LogP contribution in [0.25, 0.3) is 0 Å². The van der Waals surface area contributed by atoms with E-state index in [1.165, 1.54) is 16.7 Å². The quantitative estimate of drug-likeness (QED) is 0.396. The maximum absolute atomic E-state index is 12.2. The molecule has 0 aliphatic carbocycles. The molecule has 1 saturated heterocycles. The smallest absolute Gasteiger partial charge is 0.353 e. The fraction of sp³-hybridized carbons (Fsp3) is 0.474. The first-order valence-corrected chi connectivity index (χ1v) is 9.81. The van der Waals surface area contributed by atoms with Crippen molar-refractivity contribution in [3.05, 3.63) is 40.7 Å². The van der Waals surface area contributed by atoms with E-state index in [1.54, 1.807) is 6.92 Å². The van der Waals surface area contributed by atoms with Crippen LogP contribution in [-0.2, 0) is 22.6 Å². The molecule has 3 rings (SSSR count). The summed E-state index contributed by atoms with van der Waals surface area (Å²) >= 11 is 1.39. The first kappa shape index (κ1) is 19.4. The Morgan fingerprint density at radius 1 is 1.48 bits per heavy atom. The zero-order valence-electron chi connectivity index (χ0n) is 15.0. The Bertz CT molecular complexity index is 830. The average Bonchev–Trinajstić information content (AvgIpc) is 2.93. The van der Waals surface area contributed by atoms with Crippen molar-refractivity contribution in [2.45, 2.75) is 50.6 Å². The van der Waals surface area contributed by atoms with Crippen LogP contribution in [0, 0.1) is 17.2 Å². The third-order valence-corrected chi connectivity index (χ3v) is 6.27. The van der Waals surface area contributed by atoms with Crippen molar-refractivity contribution < 1.29 is 24.4 Å². The molecule has 2 N–H and O–H groups in total. The lowest BCUT2D eigenvalue weighted by atomic mass is 9.92. The third-order valence-electron chi connectivity index (χ3n) is 4.85. The fourth-order valence-corrected chi connectivity index (χ4v) is 5.18. The molecule has 1 amide bonds. The highest BCUT2D eigenvalue weighted by molar-refractivity contribution is 8.04. The number of unbranched alkanes of at least 4 members (excludes halogenated alkanes) is 1. The summed E-state index contributed by atoms with van der Waals surface area (Å²) < 4.78 is 2.03. The van der Waals surface area contributed by atoms with Gasteiger partial charge in [0, 0.05) is 23.0 Å². The summed E-state index contributed by atoms with van der Waals surface area (Å²) in [7, 11) is 0. The number of aryl methyl sites for hydroxylation is 1. The highest BCUT2D eigenvalue weighted by Crippen LogP contribution is 2.51. The summed E-state index contributed by atoms with van der Waals surface area (Å²) in [5.74, 6) is -1.92. The minimum atomic E-state index is -1.09. The summed E-state index contributed by atoms with van der Waals surface area (Å²) in [6.07, 6.45) is 5.74. The number of nitrogens with zero attached hydrogens (tertiary/aromatic N) is 3. The molecule has 0 saturated carbocycles. The Morgan fingerprint density at radius 2 is 2.26 bits per heavy atom. The van der Waals surface area contributed by atoms with Gasteiger partial charge in [-0.25, -0.2) is 9.36 Å². The number of aliphatic hydroxyl groups excluding tert-OH is 1. The second-order valence-electron chi connectivity index (χ2n) is 6.80. The number of carboxylic acids is 1. The average molecular weight is 388 g/mol. The van der Waals surface area contributed by atoms with Crippen molar-refractivity contribution in [3.63, 3.8) is 0 Å². The zero-order chi connectivity index (χ0) is 19.6. The van der Waals surface area contributed by atoms with Crippen LogP contribution in [0.5, 0.6) is 0 Å². The van der Waals surface area contributed by atoms with E-state index in [0.29, 0.717) is 17.7 Å². The van der Waals surface area contributed by atoms with Crippen molar-refractivity contribution in [1.29, 1.82) is 5.26 Å². The Labute approximate surface area is 161 Å². The number of fused-ring (bicyclic) bond motifs is 1. The number of hydrogen-bond acceptors (Lipinski definition) is 5. The van der Waals surface area contributed by atoms with Crippen LogP contribution in [-0.4, -0.2) is 38.5 Å². The number of carbonyl (C=O) groups is 2. The summed E-state index contributed by atoms with van der Waals surface area (Å²) in [6.45, 7) is 2.35. The Balaban J connectivity index is 1.58. The molecule has 1 aromatic rings. The molecule has 27 heavy (non-hydrogen) atoms. The summed E-state index contributed by atoms with van der Waals surface area (Å²) in [5.41, 5.74) is 1.05. The molecule has 2 aliphatic heterocycles. The maximum Gasteiger partial charge on any atom is 0.353 e. The van der Waals surface area contributed by atoms with Gasteiger partial charge in [-0.2, -0.15) is 5.26 Å². The Morgan fingerprint density at radius 3 is 2.93 bits per heavy atom. The lowest BCUT2D eigenvalue weighted by Crippen LogP contribution is -2.60. The van der Waals surface area contributed by atoms with E-state index in [0.717, 1.165) is 24.9 Å². The predicted octanol–water partition coefficient (Wildman–Crippen LogP) is 1.42. The van der Waals surface area contributed by atoms with Crippen LogP contribution in [0.1, 0.15) is 31.7 Å². The number of β-lactam (4-membered cyclic amide) rings is 1. The summed E-state index contributed by atoms with van der Waals surface area (Å²) in [6, 6.07) is 5.96. The minimum Gasteiger partial charge on any atom is -0.477 e. The van der Waals surface area contributed by atoms with Crippen LogP contribution in [0.3, 0.4) is 0 Å². The standard InChI is InChI=1S/C19H21N3O4S/c1-12(23)15-17(24)22-16(19(25)26)14(27-18(15)22)6-2-3-9-21-10-4-5-13(11-21)7-8-20/h4-5,10-12,15,18,23H,2-3,6-7,9H2,1H3/p+1/t12-,15+,18-/m1/s1. The van der Waals surface area contributed by atoms with Gasteiger partial charge in [-0.1, -0.05) is 0 Å². The number of carbonyl (C=O) groups excluding carboxylic acids is 1. The zero-order valence-corrected chi connectivity index (χ0v) is 15.9. The van der Waals surface area contributed by atoms with Crippen LogP contribution in [0.4, 0.5) is 0 Å². The second kappa shape index (κ2) is 8.11. The van der Waals surface area contributed by atoms with Gasteiger partial charge in [-0.3, -0.25) is 9.69 Å². The molecule has 2 aliphatic rings. The number of allylic oxidation sites excluding steroid dienone is 1. The first-order chi connectivity index (χ1) is 12.9. The highest BCUT2D eigenvalue weighted by atomic mass is 32.2. The van der Waals surface area contributed by atoms with Crippen LogP contribution >= 0.6 is 11.8 Å². The van der Waals surface area contributed by atoms with Crippen molar-refractivity contribution in [1.82, 2.24) is 4.90 Å². The molecule has 0 spiro atoms. The third kappa shape index (κ3) is 3.84. The number of rotatable bonds is 8. The van der Waals surface area contributed by atoms with E-state index >= 15 is 0 Å². The minimum absolute atomic E-state index is 0.0792. The van der Waals surface area contributed by atoms with Crippen molar-refractivity contribution in [3.8, 4) is 6.07 Å². The van der Waals surface area contributed by atoms with Crippen molar-refractivity contribution in [2.75, 3.05) is 0 Å². The van der Waals surface area contributed by atoms with Gasteiger partial charge >= 0.3 is 5.97 Å². The van der Waals surface area contributed by atoms with Gasteiger partial charge in [0.1, 0.15) is 17.6 Å². The predicted molar refractivity (Wildman–Crippen MR) is 97.9 cm³/mol. The summed E-state index contributed by atoms with van der Waals surface area (Å²) in [4.78, 5) is 25.8. The van der Waals surface area contributed by atoms with E-state index in [4.69, 9.17) is 5.26 Å². The SMILES string of the molecule is C[C@@H](O)[C@H]1C(=O)N2C(C(=O)O)=C(CCCC[n+]3cccc(CC#N)c3)S[C@H]12. The number of amides is 1. The van der Waals surface area contributed by atoms with Crippen LogP contribution in [0.2, 0.25) is 0 Å². The maximum atomic E-state index is 12.2. The van der Waals surface area contributed by atoms with Gasteiger partial charge in [-0.05, 0) is 25.8 Å². The molecule has 0 unspecified atom stereocenters. The Kier molecular flexibility index (Phi) is 5.82. The van der Waals surface area contributed by atoms with Gasteiger partial charge < -0.3 is 10.2 Å². The normalized spacial score (nSPS) is 22.3. The lowest BCUT2D eigenvalue weighted by molar-refractivity contribution is -0.697. The number of aromatic nitrogens is 1. The van der Waals surface area contributed by atoms with Crippen molar-refractivity contribution >= 4 is 23.6 Å². The van der Waals surface area contributed by atoms with E-state index in [9.17, 15) is 19.8 Å². The molecule has 142 valence electrons. The number of carboxylic acid groups (broad SMARTS) is 1. The van der Waals surface area contributed by atoms with Gasteiger partial charge in [0.05, 0.1) is 24.5 Å². The Hall–Kier alpha value is -2.37. The first-order valence-electron chi connectivity index (χ1n) is 8.93. The van der Waals surface area contributed by atoms with E-state index in [2.05, 4.69) is 6.07 Å². The molecule has 1 fully saturated rings. The molecule has 3 heterocycles. The monoisotopic (exact) mass is 388 g/mol. The molecule has 3 atom stereocenters. The number of thioether (sulfide) groups is 1. The molecule has 0 bridgehead atoms. The molecular weight excluding hydrogens is 366 g/mol. The van der Waals surface area contributed by atoms with E-state index in [1.807, 2.05) is 29.1 Å². The molecule has 7 nitrogen and oxygen atoms in total. The topological polar surface area (TPSA) is 106 Å². The lowest BCUT2D eigenvalue weighted by Gasteiger charge is -2.43.